The van der Waals surface area contributed by atoms with Gasteiger partial charge in [-0.15, -0.1) is 11.8 Å². The van der Waals surface area contributed by atoms with Crippen molar-refractivity contribution in [3.05, 3.63) is 65.7 Å². The minimum absolute atomic E-state index is 0.135. The van der Waals surface area contributed by atoms with Crippen LogP contribution in [0.15, 0.2) is 59.5 Å². The largest absolute Gasteiger partial charge is 0.279 e. The van der Waals surface area contributed by atoms with Gasteiger partial charge in [0.2, 0.25) is 5.78 Å². The maximum absolute atomic E-state index is 12.0. The highest BCUT2D eigenvalue weighted by Gasteiger charge is 2.06. The van der Waals surface area contributed by atoms with Crippen LogP contribution in [-0.2, 0) is 0 Å². The molecule has 1 nitrogen and oxygen atoms in total. The van der Waals surface area contributed by atoms with Crippen molar-refractivity contribution in [2.75, 3.05) is 6.26 Å². The number of benzene rings is 2. The molecule has 2 aromatic carbocycles. The van der Waals surface area contributed by atoms with E-state index in [0.29, 0.717) is 5.56 Å². The zero-order chi connectivity index (χ0) is 12.8. The zero-order valence-electron chi connectivity index (χ0n) is 10.0. The molecule has 0 amide bonds. The van der Waals surface area contributed by atoms with Gasteiger partial charge < -0.3 is 0 Å². The fourth-order valence-corrected chi connectivity index (χ4v) is 2.15. The lowest BCUT2D eigenvalue weighted by Crippen LogP contribution is -1.97. The van der Waals surface area contributed by atoms with Crippen LogP contribution in [0.5, 0.6) is 0 Å². The quantitative estimate of drug-likeness (QED) is 0.461. The van der Waals surface area contributed by atoms with Crippen molar-refractivity contribution in [2.45, 2.75) is 4.90 Å². The minimum atomic E-state index is -0.135. The Morgan fingerprint density at radius 3 is 2.39 bits per heavy atom. The van der Waals surface area contributed by atoms with Crippen LogP contribution < -0.4 is 0 Å². The number of thioether (sulfide) groups is 1. The Morgan fingerprint density at radius 1 is 1.00 bits per heavy atom. The molecule has 2 heteroatoms. The summed E-state index contributed by atoms with van der Waals surface area (Å²) in [5, 5.41) is 0. The van der Waals surface area contributed by atoms with Crippen LogP contribution in [0.1, 0.15) is 15.9 Å². The summed E-state index contributed by atoms with van der Waals surface area (Å²) >= 11 is 1.56. The van der Waals surface area contributed by atoms with Gasteiger partial charge in [0.25, 0.3) is 0 Å². The van der Waals surface area contributed by atoms with E-state index in [2.05, 4.69) is 11.8 Å². The van der Waals surface area contributed by atoms with Crippen LogP contribution in [0.25, 0.3) is 0 Å². The Hall–Kier alpha value is -1.98. The van der Waals surface area contributed by atoms with Gasteiger partial charge in [-0.1, -0.05) is 36.3 Å². The second-order valence-corrected chi connectivity index (χ2v) is 4.49. The molecule has 0 aromatic heterocycles. The molecule has 18 heavy (non-hydrogen) atoms. The van der Waals surface area contributed by atoms with Gasteiger partial charge in [0, 0.05) is 16.0 Å². The van der Waals surface area contributed by atoms with Gasteiger partial charge >= 0.3 is 0 Å². The summed E-state index contributed by atoms with van der Waals surface area (Å²) < 4.78 is 0. The number of hydrogen-bond acceptors (Lipinski definition) is 2. The molecule has 0 saturated carbocycles. The molecule has 0 atom stereocenters. The van der Waals surface area contributed by atoms with Crippen LogP contribution in [0.4, 0.5) is 0 Å². The van der Waals surface area contributed by atoms with Gasteiger partial charge in [-0.3, -0.25) is 4.79 Å². The molecule has 0 fully saturated rings. The molecular weight excluding hydrogens is 240 g/mol. The SMILES string of the molecule is CSc1ccccc1C(=O)C#Cc1ccccc1. The van der Waals surface area contributed by atoms with Crippen LogP contribution in [0, 0.1) is 11.8 Å². The monoisotopic (exact) mass is 252 g/mol. The first-order valence-electron chi connectivity index (χ1n) is 5.55. The number of Topliss-reactive ketones (excluding diaryl/α,β-unsaturated/α-hetero) is 1. The van der Waals surface area contributed by atoms with E-state index < -0.39 is 0 Å². The van der Waals surface area contributed by atoms with E-state index in [-0.39, 0.29) is 5.78 Å². The maximum atomic E-state index is 12.0. The lowest BCUT2D eigenvalue weighted by atomic mass is 10.1. The van der Waals surface area contributed by atoms with Crippen LogP contribution in [0.3, 0.4) is 0 Å². The van der Waals surface area contributed by atoms with Gasteiger partial charge in [-0.05, 0) is 36.4 Å². The van der Waals surface area contributed by atoms with Crippen molar-refractivity contribution in [1.82, 2.24) is 0 Å². The first-order chi connectivity index (χ1) is 8.81. The van der Waals surface area contributed by atoms with Crippen molar-refractivity contribution < 1.29 is 4.79 Å². The standard InChI is InChI=1S/C16H12OS/c1-18-16-10-6-5-9-14(16)15(17)12-11-13-7-3-2-4-8-13/h2-10H,1H3. The fourth-order valence-electron chi connectivity index (χ4n) is 1.55. The van der Waals surface area contributed by atoms with Gasteiger partial charge in [-0.25, -0.2) is 0 Å². The normalized spacial score (nSPS) is 9.39. The first kappa shape index (κ1) is 12.5. The van der Waals surface area contributed by atoms with Crippen LogP contribution >= 0.6 is 11.8 Å². The second-order valence-electron chi connectivity index (χ2n) is 3.65. The molecule has 2 rings (SSSR count). The predicted molar refractivity (Wildman–Crippen MR) is 75.9 cm³/mol. The average molecular weight is 252 g/mol. The molecule has 0 aliphatic heterocycles. The molecule has 0 N–H and O–H groups in total. The average Bonchev–Trinajstić information content (AvgIpc) is 2.45. The van der Waals surface area contributed by atoms with E-state index in [1.54, 1.807) is 11.8 Å². The van der Waals surface area contributed by atoms with E-state index in [0.717, 1.165) is 10.5 Å². The van der Waals surface area contributed by atoms with Crippen molar-refractivity contribution in [1.29, 1.82) is 0 Å². The first-order valence-corrected chi connectivity index (χ1v) is 6.78. The van der Waals surface area contributed by atoms with Gasteiger partial charge in [0.15, 0.2) is 0 Å². The molecule has 0 heterocycles. The number of rotatable bonds is 2. The highest BCUT2D eigenvalue weighted by Crippen LogP contribution is 2.19. The molecule has 2 aromatic rings. The number of ketones is 1. The molecule has 0 spiro atoms. The third-order valence-corrected chi connectivity index (χ3v) is 3.24. The minimum Gasteiger partial charge on any atom is -0.279 e. The Balaban J connectivity index is 2.26. The van der Waals surface area contributed by atoms with Crippen molar-refractivity contribution in [3.63, 3.8) is 0 Å². The van der Waals surface area contributed by atoms with Crippen molar-refractivity contribution in [3.8, 4) is 11.8 Å². The molecule has 0 radical (unpaired) electrons. The van der Waals surface area contributed by atoms with E-state index in [1.807, 2.05) is 60.9 Å². The van der Waals surface area contributed by atoms with Gasteiger partial charge in [-0.2, -0.15) is 0 Å². The summed E-state index contributed by atoms with van der Waals surface area (Å²) in [6.45, 7) is 0. The summed E-state index contributed by atoms with van der Waals surface area (Å²) in [6.07, 6.45) is 1.96. The Kier molecular flexibility index (Phi) is 4.22. The second kappa shape index (κ2) is 6.09. The molecular formula is C16H12OS. The molecule has 0 aliphatic carbocycles. The van der Waals surface area contributed by atoms with Gasteiger partial charge in [0.05, 0.1) is 0 Å². The third-order valence-electron chi connectivity index (χ3n) is 2.45. The zero-order valence-corrected chi connectivity index (χ0v) is 10.8. The lowest BCUT2D eigenvalue weighted by Gasteiger charge is -2.00. The Morgan fingerprint density at radius 2 is 1.67 bits per heavy atom. The fraction of sp³-hybridized carbons (Fsp3) is 0.0625. The van der Waals surface area contributed by atoms with Crippen molar-refractivity contribution in [2.24, 2.45) is 0 Å². The molecule has 0 bridgehead atoms. The molecule has 0 saturated heterocycles. The molecule has 88 valence electrons. The molecule has 0 unspecified atom stereocenters. The summed E-state index contributed by atoms with van der Waals surface area (Å²) in [6, 6.07) is 17.0. The maximum Gasteiger partial charge on any atom is 0.237 e. The topological polar surface area (TPSA) is 17.1 Å². The number of carbonyl (C=O) groups excluding carboxylic acids is 1. The predicted octanol–water partition coefficient (Wildman–Crippen LogP) is 3.64. The highest BCUT2D eigenvalue weighted by atomic mass is 32.2. The summed E-state index contributed by atoms with van der Waals surface area (Å²) in [4.78, 5) is 13.0. The van der Waals surface area contributed by atoms with E-state index in [1.165, 1.54) is 0 Å². The number of carbonyl (C=O) groups is 1. The smallest absolute Gasteiger partial charge is 0.237 e. The lowest BCUT2D eigenvalue weighted by molar-refractivity contribution is 0.105. The van der Waals surface area contributed by atoms with Crippen LogP contribution in [0.2, 0.25) is 0 Å². The number of hydrogen-bond donors (Lipinski definition) is 0. The summed E-state index contributed by atoms with van der Waals surface area (Å²) in [7, 11) is 0. The Labute approximate surface area is 111 Å². The van der Waals surface area contributed by atoms with E-state index in [4.69, 9.17) is 0 Å². The Bertz CT molecular complexity index is 606. The molecule has 0 aliphatic rings. The van der Waals surface area contributed by atoms with E-state index in [9.17, 15) is 4.79 Å². The van der Waals surface area contributed by atoms with E-state index >= 15 is 0 Å². The van der Waals surface area contributed by atoms with Crippen LogP contribution in [-0.4, -0.2) is 12.0 Å². The van der Waals surface area contributed by atoms with Gasteiger partial charge in [0.1, 0.15) is 0 Å². The highest BCUT2D eigenvalue weighted by molar-refractivity contribution is 7.98. The summed E-state index contributed by atoms with van der Waals surface area (Å²) in [5.74, 6) is 5.44. The third kappa shape index (κ3) is 3.03. The summed E-state index contributed by atoms with van der Waals surface area (Å²) in [5.41, 5.74) is 1.53. The van der Waals surface area contributed by atoms with Crippen molar-refractivity contribution >= 4 is 17.5 Å².